The minimum absolute atomic E-state index is 1.09. The van der Waals surface area contributed by atoms with Crippen LogP contribution in [0.5, 0.6) is 0 Å². The number of fused-ring (bicyclic) bond motifs is 7. The van der Waals surface area contributed by atoms with Gasteiger partial charge in [-0.15, -0.1) is 0 Å². The first-order chi connectivity index (χ1) is 30.7. The maximum atomic E-state index is 2.41. The van der Waals surface area contributed by atoms with Gasteiger partial charge in [0.1, 0.15) is 0 Å². The molecular formula is C60H40N2. The molecule has 1 heterocycles. The van der Waals surface area contributed by atoms with Crippen molar-refractivity contribution >= 4 is 71.2 Å². The van der Waals surface area contributed by atoms with Crippen LogP contribution >= 0.6 is 0 Å². The van der Waals surface area contributed by atoms with Crippen LogP contribution in [0, 0.1) is 0 Å². The molecule has 2 heteroatoms. The Bertz CT molecular complexity index is 3620. The van der Waals surface area contributed by atoms with Gasteiger partial charge in [-0.2, -0.15) is 0 Å². The Morgan fingerprint density at radius 2 is 0.871 bits per heavy atom. The second-order valence-electron chi connectivity index (χ2n) is 16.1. The third-order valence-corrected chi connectivity index (χ3v) is 12.5. The van der Waals surface area contributed by atoms with Gasteiger partial charge in [-0.05, 0) is 132 Å². The predicted molar refractivity (Wildman–Crippen MR) is 264 cm³/mol. The molecule has 0 N–H and O–H groups in total. The summed E-state index contributed by atoms with van der Waals surface area (Å²) >= 11 is 0. The highest BCUT2D eigenvalue weighted by atomic mass is 15.1. The zero-order chi connectivity index (χ0) is 41.0. The SMILES string of the molecule is c1ccc(-c2ccc3c(c2)c2c(-c4cccc(N(c5ccc(-c6cccc7ccccc67)cc5)c5ccc6c(ccc7ccccc76)c5)c4)cccc2n3-c2ccccc2)cc1. The molecule has 12 rings (SSSR count). The Morgan fingerprint density at radius 3 is 1.71 bits per heavy atom. The van der Waals surface area contributed by atoms with E-state index in [1.54, 1.807) is 0 Å². The van der Waals surface area contributed by atoms with Crippen molar-refractivity contribution < 1.29 is 0 Å². The number of anilines is 3. The summed E-state index contributed by atoms with van der Waals surface area (Å²) in [6.45, 7) is 0. The highest BCUT2D eigenvalue weighted by Gasteiger charge is 2.20. The molecule has 0 radical (unpaired) electrons. The van der Waals surface area contributed by atoms with Gasteiger partial charge < -0.3 is 9.47 Å². The Balaban J connectivity index is 1.05. The van der Waals surface area contributed by atoms with Gasteiger partial charge in [0.2, 0.25) is 0 Å². The quantitative estimate of drug-likeness (QED) is 0.146. The molecule has 1 aromatic heterocycles. The van der Waals surface area contributed by atoms with Crippen LogP contribution in [0.2, 0.25) is 0 Å². The standard InChI is InChI=1S/C60H40N2/c1-3-14-41(15-4-1)45-32-37-58-57(40-45)60-56(26-13-27-59(60)62(58)48-20-5-2-6-21-48)46-19-11-22-50(38-46)61(51-35-36-55-47(39-51)29-28-43-17-8-10-24-53(43)55)49-33-30-44(31-34-49)54-25-12-18-42-16-7-9-23-52(42)54/h1-40H. The van der Waals surface area contributed by atoms with Crippen molar-refractivity contribution in [2.45, 2.75) is 0 Å². The van der Waals surface area contributed by atoms with E-state index in [9.17, 15) is 0 Å². The molecule has 0 aliphatic carbocycles. The first-order valence-electron chi connectivity index (χ1n) is 21.3. The average molecular weight is 789 g/mol. The van der Waals surface area contributed by atoms with E-state index in [0.29, 0.717) is 0 Å². The zero-order valence-electron chi connectivity index (χ0n) is 34.0. The molecule has 12 aromatic rings. The molecule has 0 saturated carbocycles. The third-order valence-electron chi connectivity index (χ3n) is 12.5. The van der Waals surface area contributed by atoms with E-state index < -0.39 is 0 Å². The number of hydrogen-bond donors (Lipinski definition) is 0. The molecule has 0 aliphatic rings. The van der Waals surface area contributed by atoms with Gasteiger partial charge in [0.25, 0.3) is 0 Å². The number of hydrogen-bond acceptors (Lipinski definition) is 1. The molecule has 0 unspecified atom stereocenters. The van der Waals surface area contributed by atoms with E-state index in [2.05, 4.69) is 252 Å². The van der Waals surface area contributed by atoms with Crippen LogP contribution in [-0.2, 0) is 0 Å². The summed E-state index contributed by atoms with van der Waals surface area (Å²) < 4.78 is 2.41. The number of benzene rings is 11. The van der Waals surface area contributed by atoms with Crippen molar-refractivity contribution in [3.8, 4) is 39.1 Å². The molecule has 0 spiro atoms. The highest BCUT2D eigenvalue weighted by molar-refractivity contribution is 6.17. The van der Waals surface area contributed by atoms with E-state index in [-0.39, 0.29) is 0 Å². The Labute approximate surface area is 360 Å². The van der Waals surface area contributed by atoms with E-state index >= 15 is 0 Å². The number of para-hydroxylation sites is 1. The first-order valence-corrected chi connectivity index (χ1v) is 21.3. The summed E-state index contributed by atoms with van der Waals surface area (Å²) in [6.07, 6.45) is 0. The molecule has 0 bridgehead atoms. The summed E-state index contributed by atoms with van der Waals surface area (Å²) in [6, 6.07) is 88.5. The normalized spacial score (nSPS) is 11.5. The van der Waals surface area contributed by atoms with Crippen LogP contribution in [0.25, 0.3) is 93.2 Å². The largest absolute Gasteiger partial charge is 0.310 e. The molecule has 0 atom stereocenters. The first kappa shape index (κ1) is 35.7. The smallest absolute Gasteiger partial charge is 0.0547 e. The van der Waals surface area contributed by atoms with Gasteiger partial charge in [0.15, 0.2) is 0 Å². The molecule has 0 aliphatic heterocycles. The summed E-state index contributed by atoms with van der Waals surface area (Å²) in [4.78, 5) is 2.41. The summed E-state index contributed by atoms with van der Waals surface area (Å²) in [7, 11) is 0. The lowest BCUT2D eigenvalue weighted by Crippen LogP contribution is -2.10. The van der Waals surface area contributed by atoms with Gasteiger partial charge in [0.05, 0.1) is 11.0 Å². The molecule has 11 aromatic carbocycles. The highest BCUT2D eigenvalue weighted by Crippen LogP contribution is 2.44. The second-order valence-corrected chi connectivity index (χ2v) is 16.1. The molecule has 2 nitrogen and oxygen atoms in total. The van der Waals surface area contributed by atoms with Crippen LogP contribution in [0.3, 0.4) is 0 Å². The van der Waals surface area contributed by atoms with Crippen molar-refractivity contribution in [3.63, 3.8) is 0 Å². The molecule has 0 fully saturated rings. The average Bonchev–Trinajstić information content (AvgIpc) is 3.69. The van der Waals surface area contributed by atoms with Gasteiger partial charge in [-0.1, -0.05) is 176 Å². The van der Waals surface area contributed by atoms with Crippen LogP contribution in [0.1, 0.15) is 0 Å². The van der Waals surface area contributed by atoms with Crippen molar-refractivity contribution in [2.24, 2.45) is 0 Å². The van der Waals surface area contributed by atoms with Crippen LogP contribution in [0.15, 0.2) is 243 Å². The lowest BCUT2D eigenvalue weighted by Gasteiger charge is -2.27. The molecule has 0 saturated heterocycles. The maximum Gasteiger partial charge on any atom is 0.0547 e. The van der Waals surface area contributed by atoms with Crippen LogP contribution in [-0.4, -0.2) is 4.57 Å². The lowest BCUT2D eigenvalue weighted by molar-refractivity contribution is 1.18. The van der Waals surface area contributed by atoms with Crippen molar-refractivity contribution in [1.82, 2.24) is 4.57 Å². The molecule has 0 amide bonds. The fourth-order valence-corrected chi connectivity index (χ4v) is 9.64. The van der Waals surface area contributed by atoms with E-state index in [1.165, 1.54) is 81.9 Å². The lowest BCUT2D eigenvalue weighted by atomic mass is 9.96. The minimum Gasteiger partial charge on any atom is -0.310 e. The fraction of sp³-hybridized carbons (Fsp3) is 0. The maximum absolute atomic E-state index is 2.41. The van der Waals surface area contributed by atoms with Gasteiger partial charge in [0, 0.05) is 33.5 Å². The Morgan fingerprint density at radius 1 is 0.274 bits per heavy atom. The summed E-state index contributed by atoms with van der Waals surface area (Å²) in [5.74, 6) is 0. The van der Waals surface area contributed by atoms with Crippen molar-refractivity contribution in [3.05, 3.63) is 243 Å². The predicted octanol–water partition coefficient (Wildman–Crippen LogP) is 16.7. The van der Waals surface area contributed by atoms with E-state index in [0.717, 1.165) is 28.3 Å². The van der Waals surface area contributed by atoms with Crippen molar-refractivity contribution in [2.75, 3.05) is 4.90 Å². The van der Waals surface area contributed by atoms with E-state index in [1.807, 2.05) is 0 Å². The number of rotatable bonds is 7. The Kier molecular flexibility index (Phi) is 8.53. The topological polar surface area (TPSA) is 8.17 Å². The number of aromatic nitrogens is 1. The molecule has 290 valence electrons. The van der Waals surface area contributed by atoms with E-state index in [4.69, 9.17) is 0 Å². The molecular weight excluding hydrogens is 749 g/mol. The van der Waals surface area contributed by atoms with Gasteiger partial charge in [-0.3, -0.25) is 0 Å². The van der Waals surface area contributed by atoms with Crippen LogP contribution < -0.4 is 4.90 Å². The fourth-order valence-electron chi connectivity index (χ4n) is 9.64. The zero-order valence-corrected chi connectivity index (χ0v) is 34.0. The molecule has 62 heavy (non-hydrogen) atoms. The second kappa shape index (κ2) is 14.8. The Hall–Kier alpha value is -8.20. The number of nitrogens with zero attached hydrogens (tertiary/aromatic N) is 2. The summed E-state index contributed by atoms with van der Waals surface area (Å²) in [5.41, 5.74) is 14.0. The third kappa shape index (κ3) is 6.04. The summed E-state index contributed by atoms with van der Waals surface area (Å²) in [5, 5.41) is 9.95. The van der Waals surface area contributed by atoms with Gasteiger partial charge >= 0.3 is 0 Å². The van der Waals surface area contributed by atoms with Crippen molar-refractivity contribution in [1.29, 1.82) is 0 Å². The minimum atomic E-state index is 1.09. The van der Waals surface area contributed by atoms with Gasteiger partial charge in [-0.25, -0.2) is 0 Å². The van der Waals surface area contributed by atoms with Crippen LogP contribution in [0.4, 0.5) is 17.1 Å². The monoisotopic (exact) mass is 788 g/mol.